The van der Waals surface area contributed by atoms with Crippen molar-refractivity contribution in [3.05, 3.63) is 11.6 Å². The predicted molar refractivity (Wildman–Crippen MR) is 80.1 cm³/mol. The zero-order valence-corrected chi connectivity index (χ0v) is 13.7. The lowest BCUT2D eigenvalue weighted by molar-refractivity contribution is -0.126. The molecule has 0 aliphatic carbocycles. The average Bonchev–Trinajstić information content (AvgIpc) is 2.34. The molecule has 0 aromatic rings. The van der Waals surface area contributed by atoms with E-state index >= 15 is 0 Å². The van der Waals surface area contributed by atoms with Gasteiger partial charge in [-0.25, -0.2) is 4.79 Å². The lowest BCUT2D eigenvalue weighted by Crippen LogP contribution is -2.64. The van der Waals surface area contributed by atoms with Gasteiger partial charge >= 0.3 is 6.09 Å². The van der Waals surface area contributed by atoms with Gasteiger partial charge in [0.2, 0.25) is 0 Å². The zero-order valence-electron chi connectivity index (χ0n) is 13.7. The van der Waals surface area contributed by atoms with Crippen LogP contribution in [0.1, 0.15) is 47.5 Å². The van der Waals surface area contributed by atoms with Crippen molar-refractivity contribution >= 4 is 6.09 Å². The van der Waals surface area contributed by atoms with Gasteiger partial charge in [0.25, 0.3) is 0 Å². The molecule has 2 aliphatic heterocycles. The fourth-order valence-corrected chi connectivity index (χ4v) is 3.18. The van der Waals surface area contributed by atoms with Gasteiger partial charge in [-0.05, 0) is 40.2 Å². The van der Waals surface area contributed by atoms with E-state index in [2.05, 4.69) is 0 Å². The summed E-state index contributed by atoms with van der Waals surface area (Å²) < 4.78 is 11.1. The lowest BCUT2D eigenvalue weighted by atomic mass is 9.77. The van der Waals surface area contributed by atoms with Gasteiger partial charge in [-0.2, -0.15) is 0 Å². The van der Waals surface area contributed by atoms with Crippen molar-refractivity contribution in [1.29, 1.82) is 0 Å². The lowest BCUT2D eigenvalue weighted by Gasteiger charge is -2.51. The maximum absolute atomic E-state index is 12.4. The summed E-state index contributed by atoms with van der Waals surface area (Å²) in [6.45, 7) is 10.4. The summed E-state index contributed by atoms with van der Waals surface area (Å²) in [6.07, 6.45) is 2.64. The summed E-state index contributed by atoms with van der Waals surface area (Å²) in [4.78, 5) is 14.2. The van der Waals surface area contributed by atoms with E-state index in [4.69, 9.17) is 9.47 Å². The molecule has 1 amide bonds. The van der Waals surface area contributed by atoms with Gasteiger partial charge in [0.1, 0.15) is 5.60 Å². The summed E-state index contributed by atoms with van der Waals surface area (Å²) in [6, 6.07) is -0.264. The fraction of sp³-hybridized carbons (Fsp3) is 0.812. The van der Waals surface area contributed by atoms with Crippen molar-refractivity contribution in [2.75, 3.05) is 13.2 Å². The summed E-state index contributed by atoms with van der Waals surface area (Å²) in [5.74, 6) is 0. The highest BCUT2D eigenvalue weighted by molar-refractivity contribution is 5.69. The third kappa shape index (κ3) is 3.40. The molecule has 2 aliphatic rings. The minimum atomic E-state index is -0.841. The Morgan fingerprint density at radius 1 is 1.33 bits per heavy atom. The first-order valence-corrected chi connectivity index (χ1v) is 7.61. The van der Waals surface area contributed by atoms with Crippen LogP contribution in [-0.2, 0) is 9.47 Å². The Balaban J connectivity index is 2.19. The van der Waals surface area contributed by atoms with Gasteiger partial charge in [-0.15, -0.1) is 0 Å². The molecule has 2 unspecified atom stereocenters. The molecule has 21 heavy (non-hydrogen) atoms. The molecule has 2 heterocycles. The summed E-state index contributed by atoms with van der Waals surface area (Å²) in [5.41, 5.74) is -0.394. The van der Waals surface area contributed by atoms with Crippen LogP contribution in [0.2, 0.25) is 0 Å². The van der Waals surface area contributed by atoms with Gasteiger partial charge in [0, 0.05) is 12.8 Å². The van der Waals surface area contributed by atoms with Crippen molar-refractivity contribution < 1.29 is 19.4 Å². The summed E-state index contributed by atoms with van der Waals surface area (Å²) in [5, 5.41) is 10.9. The highest BCUT2D eigenvalue weighted by Gasteiger charge is 2.49. The van der Waals surface area contributed by atoms with Gasteiger partial charge < -0.3 is 14.6 Å². The maximum atomic E-state index is 12.4. The Morgan fingerprint density at radius 3 is 2.29 bits per heavy atom. The van der Waals surface area contributed by atoms with Crippen LogP contribution in [0.15, 0.2) is 11.6 Å². The molecule has 0 saturated carbocycles. The van der Waals surface area contributed by atoms with Crippen molar-refractivity contribution in [2.24, 2.45) is 0 Å². The molecule has 2 rings (SSSR count). The number of nitrogens with zero attached hydrogens (tertiary/aromatic N) is 1. The Labute approximate surface area is 126 Å². The predicted octanol–water partition coefficient (Wildman–Crippen LogP) is 2.48. The molecule has 5 nitrogen and oxygen atoms in total. The number of ether oxygens (including phenoxy) is 2. The first-order valence-electron chi connectivity index (χ1n) is 7.61. The number of fused-ring (bicyclic) bond motifs is 2. The monoisotopic (exact) mass is 297 g/mol. The van der Waals surface area contributed by atoms with Crippen LogP contribution in [0.5, 0.6) is 0 Å². The molecule has 0 aromatic carbocycles. The number of carbonyl (C=O) groups is 1. The van der Waals surface area contributed by atoms with Gasteiger partial charge in [-0.3, -0.25) is 4.90 Å². The van der Waals surface area contributed by atoms with Crippen LogP contribution in [0.25, 0.3) is 0 Å². The van der Waals surface area contributed by atoms with Crippen LogP contribution in [0, 0.1) is 0 Å². The summed E-state index contributed by atoms with van der Waals surface area (Å²) >= 11 is 0. The van der Waals surface area contributed by atoms with Crippen molar-refractivity contribution in [1.82, 2.24) is 4.90 Å². The quantitative estimate of drug-likeness (QED) is 0.755. The molecule has 2 fully saturated rings. The van der Waals surface area contributed by atoms with Crippen LogP contribution < -0.4 is 0 Å². The normalized spacial score (nSPS) is 33.8. The number of piperidine rings is 1. The molecule has 0 aromatic heterocycles. The van der Waals surface area contributed by atoms with Crippen LogP contribution >= 0.6 is 0 Å². The largest absolute Gasteiger partial charge is 0.444 e. The third-order valence-corrected chi connectivity index (χ3v) is 4.33. The van der Waals surface area contributed by atoms with Crippen molar-refractivity contribution in [3.8, 4) is 0 Å². The van der Waals surface area contributed by atoms with E-state index in [0.29, 0.717) is 26.1 Å². The van der Waals surface area contributed by atoms with Crippen LogP contribution in [-0.4, -0.2) is 52.6 Å². The molecule has 2 bridgehead atoms. The highest BCUT2D eigenvalue weighted by atomic mass is 16.6. The maximum Gasteiger partial charge on any atom is 0.410 e. The Morgan fingerprint density at radius 2 is 1.86 bits per heavy atom. The first-order chi connectivity index (χ1) is 9.66. The molecule has 2 atom stereocenters. The van der Waals surface area contributed by atoms with E-state index < -0.39 is 11.2 Å². The molecule has 2 saturated heterocycles. The van der Waals surface area contributed by atoms with Crippen molar-refractivity contribution in [2.45, 2.75) is 70.7 Å². The van der Waals surface area contributed by atoms with Gasteiger partial charge in [0.05, 0.1) is 30.9 Å². The number of amides is 1. The smallest absolute Gasteiger partial charge is 0.410 e. The Bertz CT molecular complexity index is 424. The number of hydrogen-bond acceptors (Lipinski definition) is 4. The van der Waals surface area contributed by atoms with E-state index in [1.807, 2.05) is 40.7 Å². The standard InChI is InChI=1S/C16H27NO4/c1-6-11(2)16(19)7-12-9-20-10-13(8-16)17(12)14(18)21-15(3,4)5/h6,12-13,19H,7-10H2,1-5H3. The van der Waals surface area contributed by atoms with E-state index in [9.17, 15) is 9.90 Å². The fourth-order valence-electron chi connectivity index (χ4n) is 3.18. The topological polar surface area (TPSA) is 59.0 Å². The van der Waals surface area contributed by atoms with E-state index in [-0.39, 0.29) is 18.2 Å². The minimum Gasteiger partial charge on any atom is -0.444 e. The second-order valence-corrected chi connectivity index (χ2v) is 7.14. The number of aliphatic hydroxyl groups is 1. The van der Waals surface area contributed by atoms with Gasteiger partial charge in [0.15, 0.2) is 0 Å². The number of morpholine rings is 1. The van der Waals surface area contributed by atoms with E-state index in [1.165, 1.54) is 0 Å². The average molecular weight is 297 g/mol. The molecule has 120 valence electrons. The van der Waals surface area contributed by atoms with Crippen LogP contribution in [0.3, 0.4) is 0 Å². The first kappa shape index (κ1) is 16.3. The minimum absolute atomic E-state index is 0.132. The number of hydrogen-bond donors (Lipinski definition) is 1. The number of carbonyl (C=O) groups excluding carboxylic acids is 1. The molecule has 1 N–H and O–H groups in total. The molecular formula is C16H27NO4. The van der Waals surface area contributed by atoms with Crippen molar-refractivity contribution in [3.63, 3.8) is 0 Å². The Hall–Kier alpha value is -1.07. The molecule has 0 spiro atoms. The molecule has 5 heteroatoms. The van der Waals surface area contributed by atoms with E-state index in [1.54, 1.807) is 4.90 Å². The molecule has 0 radical (unpaired) electrons. The molecular weight excluding hydrogens is 270 g/mol. The third-order valence-electron chi connectivity index (χ3n) is 4.33. The van der Waals surface area contributed by atoms with Crippen LogP contribution in [0.4, 0.5) is 4.79 Å². The number of rotatable bonds is 1. The second kappa shape index (κ2) is 5.61. The second-order valence-electron chi connectivity index (χ2n) is 7.14. The Kier molecular flexibility index (Phi) is 4.36. The highest BCUT2D eigenvalue weighted by Crippen LogP contribution is 2.39. The zero-order chi connectivity index (χ0) is 15.8. The summed E-state index contributed by atoms with van der Waals surface area (Å²) in [7, 11) is 0. The SMILES string of the molecule is CC=C(C)C1(O)CC2COCC(C1)N2C(=O)OC(C)(C)C. The van der Waals surface area contributed by atoms with E-state index in [0.717, 1.165) is 5.57 Å². The number of allylic oxidation sites excluding steroid dienone is 1. The van der Waals surface area contributed by atoms with Gasteiger partial charge in [-0.1, -0.05) is 6.08 Å².